The van der Waals surface area contributed by atoms with Gasteiger partial charge in [0.1, 0.15) is 0 Å². The average Bonchev–Trinajstić information content (AvgIpc) is 2.78. The molecule has 0 aliphatic rings. The Labute approximate surface area is 115 Å². The summed E-state index contributed by atoms with van der Waals surface area (Å²) in [6.45, 7) is 0. The zero-order chi connectivity index (χ0) is 13.4. The van der Waals surface area contributed by atoms with Gasteiger partial charge < -0.3 is 5.11 Å². The van der Waals surface area contributed by atoms with Gasteiger partial charge in [-0.25, -0.2) is 14.5 Å². The molecule has 19 heavy (non-hydrogen) atoms. The smallest absolute Gasteiger partial charge is 0.355 e. The van der Waals surface area contributed by atoms with E-state index in [0.717, 1.165) is 4.47 Å². The van der Waals surface area contributed by atoms with E-state index in [1.165, 1.54) is 4.68 Å². The van der Waals surface area contributed by atoms with Gasteiger partial charge in [-0.1, -0.05) is 0 Å². The topological polar surface area (TPSA) is 80.9 Å². The number of carbonyl (C=O) groups is 1. The summed E-state index contributed by atoms with van der Waals surface area (Å²) in [5, 5.41) is 14.1. The molecule has 94 valence electrons. The number of hydrogen-bond acceptors (Lipinski definition) is 4. The van der Waals surface area contributed by atoms with Gasteiger partial charge in [0, 0.05) is 16.9 Å². The number of carboxylic acid groups (broad SMARTS) is 1. The van der Waals surface area contributed by atoms with Crippen LogP contribution >= 0.6 is 15.9 Å². The number of hydrogen-bond donors (Lipinski definition) is 1. The molecule has 0 spiro atoms. The molecule has 0 amide bonds. The maximum absolute atomic E-state index is 11.4. The van der Waals surface area contributed by atoms with Crippen LogP contribution in [0.4, 0.5) is 0 Å². The Bertz CT molecular complexity index is 784. The predicted octanol–water partition coefficient (Wildman–Crippen LogP) is 2.28. The second-order valence-corrected chi connectivity index (χ2v) is 4.72. The molecule has 0 aliphatic heterocycles. The molecule has 0 radical (unpaired) electrons. The Balaban J connectivity index is 2.34. The molecule has 3 heterocycles. The minimum Gasteiger partial charge on any atom is -0.476 e. The molecule has 3 rings (SSSR count). The molecule has 0 aliphatic carbocycles. The van der Waals surface area contributed by atoms with Crippen LogP contribution in [-0.4, -0.2) is 30.8 Å². The third kappa shape index (κ3) is 1.97. The van der Waals surface area contributed by atoms with Crippen LogP contribution in [0.1, 0.15) is 10.5 Å². The molecule has 6 nitrogen and oxygen atoms in total. The summed E-state index contributed by atoms with van der Waals surface area (Å²) in [6.07, 6.45) is 4.74. The van der Waals surface area contributed by atoms with E-state index in [4.69, 9.17) is 0 Å². The van der Waals surface area contributed by atoms with Crippen LogP contribution in [0.5, 0.6) is 0 Å². The van der Waals surface area contributed by atoms with Crippen molar-refractivity contribution in [3.05, 3.63) is 47.0 Å². The fourth-order valence-electron chi connectivity index (χ4n) is 1.83. The highest BCUT2D eigenvalue weighted by Crippen LogP contribution is 2.21. The Kier molecular flexibility index (Phi) is 2.75. The van der Waals surface area contributed by atoms with Crippen molar-refractivity contribution in [2.24, 2.45) is 0 Å². The Morgan fingerprint density at radius 2 is 2.21 bits per heavy atom. The number of carboxylic acids is 1. The number of aromatic nitrogens is 4. The van der Waals surface area contributed by atoms with Crippen LogP contribution in [0.3, 0.4) is 0 Å². The SMILES string of the molecule is O=C(O)c1c2cccnc2nn1-c1cncc(Br)c1. The molecule has 3 aromatic heterocycles. The second kappa shape index (κ2) is 4.43. The maximum Gasteiger partial charge on any atom is 0.355 e. The maximum atomic E-state index is 11.4. The molecule has 1 N–H and O–H groups in total. The lowest BCUT2D eigenvalue weighted by atomic mass is 10.2. The molecule has 0 aromatic carbocycles. The van der Waals surface area contributed by atoms with Crippen LogP contribution in [0.2, 0.25) is 0 Å². The third-order valence-electron chi connectivity index (χ3n) is 2.59. The minimum absolute atomic E-state index is 0.0722. The largest absolute Gasteiger partial charge is 0.476 e. The first-order valence-corrected chi connectivity index (χ1v) is 6.14. The normalized spacial score (nSPS) is 10.8. The van der Waals surface area contributed by atoms with Crippen LogP contribution in [-0.2, 0) is 0 Å². The molecule has 0 bridgehead atoms. The summed E-state index contributed by atoms with van der Waals surface area (Å²) in [5.41, 5.74) is 1.02. The molecule has 0 fully saturated rings. The highest BCUT2D eigenvalue weighted by atomic mass is 79.9. The van der Waals surface area contributed by atoms with Crippen LogP contribution in [0.15, 0.2) is 41.3 Å². The molecular formula is C12H7BrN4O2. The van der Waals surface area contributed by atoms with Crippen LogP contribution in [0, 0.1) is 0 Å². The first-order valence-electron chi connectivity index (χ1n) is 5.35. The van der Waals surface area contributed by atoms with Gasteiger partial charge in [0.05, 0.1) is 17.3 Å². The third-order valence-corrected chi connectivity index (χ3v) is 3.02. The van der Waals surface area contributed by atoms with Crippen molar-refractivity contribution in [3.63, 3.8) is 0 Å². The number of fused-ring (bicyclic) bond motifs is 1. The summed E-state index contributed by atoms with van der Waals surface area (Å²) in [6, 6.07) is 5.10. The van der Waals surface area contributed by atoms with Crippen molar-refractivity contribution in [2.45, 2.75) is 0 Å². The van der Waals surface area contributed by atoms with Crippen molar-refractivity contribution in [2.75, 3.05) is 0 Å². The van der Waals surface area contributed by atoms with E-state index in [1.54, 1.807) is 36.8 Å². The zero-order valence-corrected chi connectivity index (χ0v) is 11.1. The standard InChI is InChI=1S/C12H7BrN4O2/c13-7-4-8(6-14-5-7)17-10(12(18)19)9-2-1-3-15-11(9)16-17/h1-6H,(H,18,19). The van der Waals surface area contributed by atoms with Gasteiger partial charge in [0.2, 0.25) is 0 Å². The lowest BCUT2D eigenvalue weighted by molar-refractivity contribution is 0.0689. The number of aromatic carboxylic acids is 1. The average molecular weight is 319 g/mol. The van der Waals surface area contributed by atoms with Gasteiger partial charge >= 0.3 is 5.97 Å². The van der Waals surface area contributed by atoms with E-state index < -0.39 is 5.97 Å². The fourth-order valence-corrected chi connectivity index (χ4v) is 2.18. The van der Waals surface area contributed by atoms with Crippen molar-refractivity contribution < 1.29 is 9.90 Å². The predicted molar refractivity (Wildman–Crippen MR) is 71.3 cm³/mol. The summed E-state index contributed by atoms with van der Waals surface area (Å²) < 4.78 is 2.08. The highest BCUT2D eigenvalue weighted by molar-refractivity contribution is 9.10. The number of nitrogens with zero attached hydrogens (tertiary/aromatic N) is 4. The lowest BCUT2D eigenvalue weighted by Crippen LogP contribution is -2.08. The van der Waals surface area contributed by atoms with Gasteiger partial charge in [-0.15, -0.1) is 5.10 Å². The van der Waals surface area contributed by atoms with E-state index in [1.807, 2.05) is 0 Å². The van der Waals surface area contributed by atoms with E-state index in [2.05, 4.69) is 31.0 Å². The van der Waals surface area contributed by atoms with Crippen molar-refractivity contribution in [3.8, 4) is 5.69 Å². The van der Waals surface area contributed by atoms with Gasteiger partial charge in [0.15, 0.2) is 11.3 Å². The van der Waals surface area contributed by atoms with Gasteiger partial charge in [-0.2, -0.15) is 0 Å². The number of halogens is 1. The zero-order valence-electron chi connectivity index (χ0n) is 9.49. The lowest BCUT2D eigenvalue weighted by Gasteiger charge is -2.03. The van der Waals surface area contributed by atoms with Crippen molar-refractivity contribution >= 4 is 32.9 Å². The van der Waals surface area contributed by atoms with Gasteiger partial charge in [-0.3, -0.25) is 4.98 Å². The quantitative estimate of drug-likeness (QED) is 0.784. The Hall–Kier alpha value is -2.28. The van der Waals surface area contributed by atoms with Gasteiger partial charge in [-0.05, 0) is 34.1 Å². The van der Waals surface area contributed by atoms with Crippen LogP contribution in [0.25, 0.3) is 16.7 Å². The van der Waals surface area contributed by atoms with Crippen LogP contribution < -0.4 is 0 Å². The van der Waals surface area contributed by atoms with E-state index >= 15 is 0 Å². The van der Waals surface area contributed by atoms with E-state index in [-0.39, 0.29) is 5.69 Å². The summed E-state index contributed by atoms with van der Waals surface area (Å²) in [4.78, 5) is 19.5. The molecule has 0 unspecified atom stereocenters. The minimum atomic E-state index is -1.06. The molecule has 0 saturated carbocycles. The van der Waals surface area contributed by atoms with Gasteiger partial charge in [0.25, 0.3) is 0 Å². The molecular weight excluding hydrogens is 312 g/mol. The first kappa shape index (κ1) is 11.8. The monoisotopic (exact) mass is 318 g/mol. The van der Waals surface area contributed by atoms with Crippen molar-refractivity contribution in [1.29, 1.82) is 0 Å². The summed E-state index contributed by atoms with van der Waals surface area (Å²) >= 11 is 3.30. The van der Waals surface area contributed by atoms with Crippen molar-refractivity contribution in [1.82, 2.24) is 19.7 Å². The summed E-state index contributed by atoms with van der Waals surface area (Å²) in [5.74, 6) is -1.06. The number of pyridine rings is 2. The Morgan fingerprint density at radius 1 is 1.37 bits per heavy atom. The number of rotatable bonds is 2. The summed E-state index contributed by atoms with van der Waals surface area (Å²) in [7, 11) is 0. The fraction of sp³-hybridized carbons (Fsp3) is 0. The Morgan fingerprint density at radius 3 is 2.95 bits per heavy atom. The molecule has 0 saturated heterocycles. The van der Waals surface area contributed by atoms with E-state index in [0.29, 0.717) is 16.7 Å². The second-order valence-electron chi connectivity index (χ2n) is 3.80. The molecule has 3 aromatic rings. The highest BCUT2D eigenvalue weighted by Gasteiger charge is 2.19. The molecule has 0 atom stereocenters. The molecule has 7 heteroatoms. The van der Waals surface area contributed by atoms with E-state index in [9.17, 15) is 9.90 Å². The first-order chi connectivity index (χ1) is 9.16.